The molecule has 1 fully saturated rings. The third-order valence-electron chi connectivity index (χ3n) is 3.38. The summed E-state index contributed by atoms with van der Waals surface area (Å²) in [6.45, 7) is 7.24. The molecule has 1 aliphatic rings. The number of aryl methyl sites for hydroxylation is 2. The lowest BCUT2D eigenvalue weighted by molar-refractivity contribution is 0.619. The van der Waals surface area contributed by atoms with Crippen LogP contribution >= 0.6 is 11.8 Å². The quantitative estimate of drug-likeness (QED) is 0.658. The first-order valence-electron chi connectivity index (χ1n) is 6.76. The Morgan fingerprint density at radius 3 is 2.63 bits per heavy atom. The first-order valence-corrected chi connectivity index (χ1v) is 7.75. The van der Waals surface area contributed by atoms with Gasteiger partial charge >= 0.3 is 0 Å². The molecule has 1 saturated heterocycles. The minimum atomic E-state index is 0.273. The second-order valence-electron chi connectivity index (χ2n) is 5.60. The van der Waals surface area contributed by atoms with Gasteiger partial charge in [0.2, 0.25) is 0 Å². The van der Waals surface area contributed by atoms with Crippen LogP contribution in [0.5, 0.6) is 0 Å². The third kappa shape index (κ3) is 4.16. The third-order valence-corrected chi connectivity index (χ3v) is 4.90. The van der Waals surface area contributed by atoms with Crippen molar-refractivity contribution in [3.8, 4) is 0 Å². The minimum absolute atomic E-state index is 0.273. The smallest absolute Gasteiger partial charge is 0.193 e. The van der Waals surface area contributed by atoms with Gasteiger partial charge in [0.15, 0.2) is 5.96 Å². The van der Waals surface area contributed by atoms with Gasteiger partial charge < -0.3 is 11.1 Å². The van der Waals surface area contributed by atoms with E-state index < -0.39 is 0 Å². The highest BCUT2D eigenvalue weighted by Crippen LogP contribution is 2.37. The average molecular weight is 277 g/mol. The summed E-state index contributed by atoms with van der Waals surface area (Å²) < 4.78 is 0.273. The molecule has 3 nitrogen and oxygen atoms in total. The van der Waals surface area contributed by atoms with E-state index in [1.54, 1.807) is 0 Å². The molecule has 2 rings (SSSR count). The van der Waals surface area contributed by atoms with Gasteiger partial charge in [0.05, 0.1) is 6.54 Å². The largest absolute Gasteiger partial charge is 0.370 e. The van der Waals surface area contributed by atoms with Crippen molar-refractivity contribution in [2.24, 2.45) is 10.7 Å². The number of aliphatic imine (C=N–C) groups is 1. The minimum Gasteiger partial charge on any atom is -0.370 e. The van der Waals surface area contributed by atoms with Crippen LogP contribution in [-0.4, -0.2) is 23.0 Å². The molecular weight excluding hydrogens is 254 g/mol. The summed E-state index contributed by atoms with van der Waals surface area (Å²) in [6, 6.07) is 6.32. The molecule has 0 saturated carbocycles. The molecule has 0 spiro atoms. The van der Waals surface area contributed by atoms with Crippen molar-refractivity contribution in [2.75, 3.05) is 17.6 Å². The molecular formula is C15H23N3S. The van der Waals surface area contributed by atoms with E-state index in [0.717, 1.165) is 12.2 Å². The summed E-state index contributed by atoms with van der Waals surface area (Å²) in [6.07, 6.45) is 2.53. The van der Waals surface area contributed by atoms with E-state index >= 15 is 0 Å². The molecule has 1 unspecified atom stereocenters. The van der Waals surface area contributed by atoms with Crippen LogP contribution in [0.2, 0.25) is 0 Å². The standard InChI is InChI=1S/C15H23N3S/c1-11-7-12(2)9-13(8-11)18-14(16)17-10-15(3)5-4-6-19-15/h7-9H,4-6,10H2,1-3H3,(H3,16,17,18). The lowest BCUT2D eigenvalue weighted by Crippen LogP contribution is -2.27. The molecule has 4 heteroatoms. The lowest BCUT2D eigenvalue weighted by atomic mass is 10.1. The molecule has 3 N–H and O–H groups in total. The van der Waals surface area contributed by atoms with Crippen LogP contribution in [0.1, 0.15) is 30.9 Å². The normalized spacial score (nSPS) is 23.6. The molecule has 1 heterocycles. The molecule has 0 aromatic heterocycles. The Morgan fingerprint density at radius 2 is 2.05 bits per heavy atom. The Morgan fingerprint density at radius 1 is 1.37 bits per heavy atom. The Hall–Kier alpha value is -1.16. The number of hydrogen-bond acceptors (Lipinski definition) is 2. The zero-order valence-electron chi connectivity index (χ0n) is 12.0. The second-order valence-corrected chi connectivity index (χ2v) is 7.29. The van der Waals surface area contributed by atoms with Crippen LogP contribution in [0.15, 0.2) is 23.2 Å². The van der Waals surface area contributed by atoms with Crippen molar-refractivity contribution in [1.82, 2.24) is 0 Å². The first kappa shape index (κ1) is 14.3. The Bertz CT molecular complexity index is 456. The fraction of sp³-hybridized carbons (Fsp3) is 0.533. The van der Waals surface area contributed by atoms with E-state index in [1.807, 2.05) is 11.8 Å². The molecule has 1 aliphatic heterocycles. The van der Waals surface area contributed by atoms with E-state index in [1.165, 1.54) is 29.7 Å². The molecule has 1 aromatic rings. The van der Waals surface area contributed by atoms with Crippen molar-refractivity contribution in [1.29, 1.82) is 0 Å². The molecule has 0 amide bonds. The van der Waals surface area contributed by atoms with Gasteiger partial charge in [-0.05, 0) is 62.6 Å². The maximum Gasteiger partial charge on any atom is 0.193 e. The van der Waals surface area contributed by atoms with Crippen molar-refractivity contribution >= 4 is 23.4 Å². The summed E-state index contributed by atoms with van der Waals surface area (Å²) in [5.41, 5.74) is 9.45. The van der Waals surface area contributed by atoms with Gasteiger partial charge in [0.25, 0.3) is 0 Å². The topological polar surface area (TPSA) is 50.4 Å². The summed E-state index contributed by atoms with van der Waals surface area (Å²) in [5, 5.41) is 3.18. The van der Waals surface area contributed by atoms with Gasteiger partial charge in [-0.2, -0.15) is 11.8 Å². The summed E-state index contributed by atoms with van der Waals surface area (Å²) in [4.78, 5) is 4.50. The number of nitrogens with two attached hydrogens (primary N) is 1. The van der Waals surface area contributed by atoms with E-state index in [4.69, 9.17) is 5.73 Å². The predicted molar refractivity (Wildman–Crippen MR) is 86.1 cm³/mol. The van der Waals surface area contributed by atoms with E-state index in [9.17, 15) is 0 Å². The van der Waals surface area contributed by atoms with E-state index in [2.05, 4.69) is 49.3 Å². The number of anilines is 1. The van der Waals surface area contributed by atoms with Crippen LogP contribution in [-0.2, 0) is 0 Å². The van der Waals surface area contributed by atoms with Gasteiger partial charge in [0, 0.05) is 10.4 Å². The molecule has 104 valence electrons. The number of guanidine groups is 1. The maximum absolute atomic E-state index is 5.97. The molecule has 19 heavy (non-hydrogen) atoms. The Kier molecular flexibility index (Phi) is 4.40. The number of nitrogens with zero attached hydrogens (tertiary/aromatic N) is 1. The number of rotatable bonds is 3. The van der Waals surface area contributed by atoms with Gasteiger partial charge in [0.1, 0.15) is 0 Å². The number of nitrogens with one attached hydrogen (secondary N) is 1. The zero-order valence-corrected chi connectivity index (χ0v) is 12.8. The highest BCUT2D eigenvalue weighted by atomic mass is 32.2. The van der Waals surface area contributed by atoms with Crippen LogP contribution in [0.3, 0.4) is 0 Å². The van der Waals surface area contributed by atoms with E-state index in [-0.39, 0.29) is 4.75 Å². The lowest BCUT2D eigenvalue weighted by Gasteiger charge is -2.20. The van der Waals surface area contributed by atoms with Gasteiger partial charge in [-0.1, -0.05) is 6.07 Å². The zero-order chi connectivity index (χ0) is 13.9. The summed E-state index contributed by atoms with van der Waals surface area (Å²) in [7, 11) is 0. The fourth-order valence-corrected chi connectivity index (χ4v) is 3.67. The highest BCUT2D eigenvalue weighted by molar-refractivity contribution is 8.00. The molecule has 0 bridgehead atoms. The van der Waals surface area contributed by atoms with Crippen LogP contribution < -0.4 is 11.1 Å². The number of hydrogen-bond donors (Lipinski definition) is 2. The van der Waals surface area contributed by atoms with E-state index in [0.29, 0.717) is 5.96 Å². The molecule has 1 aromatic carbocycles. The first-order chi connectivity index (χ1) is 8.97. The highest BCUT2D eigenvalue weighted by Gasteiger charge is 2.28. The van der Waals surface area contributed by atoms with Gasteiger partial charge in [-0.3, -0.25) is 4.99 Å². The van der Waals surface area contributed by atoms with Crippen LogP contribution in [0, 0.1) is 13.8 Å². The van der Waals surface area contributed by atoms with Crippen LogP contribution in [0.25, 0.3) is 0 Å². The molecule has 0 aliphatic carbocycles. The fourth-order valence-electron chi connectivity index (χ4n) is 2.45. The Labute approximate surface area is 120 Å². The van der Waals surface area contributed by atoms with Crippen LogP contribution in [0.4, 0.5) is 5.69 Å². The van der Waals surface area contributed by atoms with Crippen molar-refractivity contribution < 1.29 is 0 Å². The summed E-state index contributed by atoms with van der Waals surface area (Å²) in [5.74, 6) is 1.76. The SMILES string of the molecule is Cc1cc(C)cc(NC(N)=NCC2(C)CCCS2)c1. The number of benzene rings is 1. The predicted octanol–water partition coefficient (Wildman–Crippen LogP) is 3.32. The molecule has 1 atom stereocenters. The van der Waals surface area contributed by atoms with Gasteiger partial charge in [-0.25, -0.2) is 0 Å². The van der Waals surface area contributed by atoms with Crippen molar-refractivity contribution in [2.45, 2.75) is 38.4 Å². The van der Waals surface area contributed by atoms with Gasteiger partial charge in [-0.15, -0.1) is 0 Å². The van der Waals surface area contributed by atoms with Crippen molar-refractivity contribution in [3.63, 3.8) is 0 Å². The molecule has 0 radical (unpaired) electrons. The van der Waals surface area contributed by atoms with Crippen molar-refractivity contribution in [3.05, 3.63) is 29.3 Å². The average Bonchev–Trinajstić information content (AvgIpc) is 2.73. The monoisotopic (exact) mass is 277 g/mol. The maximum atomic E-state index is 5.97. The number of thioether (sulfide) groups is 1. The Balaban J connectivity index is 1.98. The summed E-state index contributed by atoms with van der Waals surface area (Å²) >= 11 is 2.01. The second kappa shape index (κ2) is 5.87.